The number of hydrogen-bond donors (Lipinski definition) is 2. The van der Waals surface area contributed by atoms with Gasteiger partial charge in [-0.2, -0.15) is 0 Å². The van der Waals surface area contributed by atoms with Crippen LogP contribution in [0, 0.1) is 11.6 Å². The van der Waals surface area contributed by atoms with Gasteiger partial charge in [-0.3, -0.25) is 14.3 Å². The van der Waals surface area contributed by atoms with Crippen LogP contribution in [0.25, 0.3) is 16.9 Å². The minimum Gasteiger partial charge on any atom is -0.308 e. The average molecular weight is 470 g/mol. The lowest BCUT2D eigenvalue weighted by Gasteiger charge is -2.10. The number of nitrogens with zero attached hydrogens (tertiary/aromatic N) is 4. The first-order valence-corrected chi connectivity index (χ1v) is 10.4. The van der Waals surface area contributed by atoms with Gasteiger partial charge in [-0.25, -0.2) is 23.5 Å². The number of fused-ring (bicyclic) bond motifs is 1. The maximum atomic E-state index is 14.3. The standard InChI is InChI=1S/C25H16F2N6O2/c26-17-2-4-19(5-3-17)30-25(35)31-20-10-16(9-18(27)12-20)24(34)15-1-6-21-22(11-15)32-23(13-29-21)33-8-7-28-14-33/h1-14H,(H2,30,31,35). The minimum atomic E-state index is -0.698. The molecule has 0 radical (unpaired) electrons. The second-order valence-corrected chi connectivity index (χ2v) is 7.55. The number of anilines is 2. The number of amides is 2. The Hall–Kier alpha value is -4.99. The quantitative estimate of drug-likeness (QED) is 0.353. The normalized spacial score (nSPS) is 10.8. The number of aromatic nitrogens is 4. The molecule has 0 aliphatic rings. The molecule has 5 rings (SSSR count). The molecule has 0 saturated heterocycles. The van der Waals surface area contributed by atoms with E-state index in [2.05, 4.69) is 25.6 Å². The zero-order valence-corrected chi connectivity index (χ0v) is 17.9. The van der Waals surface area contributed by atoms with Gasteiger partial charge in [-0.15, -0.1) is 0 Å². The Morgan fingerprint density at radius 1 is 0.800 bits per heavy atom. The molecular formula is C25H16F2N6O2. The Balaban J connectivity index is 1.39. The zero-order chi connectivity index (χ0) is 24.4. The van der Waals surface area contributed by atoms with E-state index in [1.165, 1.54) is 30.3 Å². The van der Waals surface area contributed by atoms with Crippen molar-refractivity contribution in [3.8, 4) is 5.82 Å². The topological polar surface area (TPSA) is 102 Å². The summed E-state index contributed by atoms with van der Waals surface area (Å²) in [6.07, 6.45) is 6.51. The summed E-state index contributed by atoms with van der Waals surface area (Å²) in [6.45, 7) is 0. The number of halogens is 2. The molecule has 8 nitrogen and oxygen atoms in total. The molecule has 3 aromatic carbocycles. The monoisotopic (exact) mass is 470 g/mol. The van der Waals surface area contributed by atoms with E-state index >= 15 is 0 Å². The molecule has 0 aliphatic heterocycles. The van der Waals surface area contributed by atoms with E-state index in [-0.39, 0.29) is 16.8 Å². The molecule has 0 spiro atoms. The van der Waals surface area contributed by atoms with Gasteiger partial charge in [-0.05, 0) is 60.7 Å². The van der Waals surface area contributed by atoms with Crippen LogP contribution in [0.3, 0.4) is 0 Å². The van der Waals surface area contributed by atoms with Crippen LogP contribution in [0.2, 0.25) is 0 Å². The molecule has 35 heavy (non-hydrogen) atoms. The number of benzene rings is 3. The molecule has 2 N–H and O–H groups in total. The average Bonchev–Trinajstić information content (AvgIpc) is 3.39. The van der Waals surface area contributed by atoms with E-state index in [9.17, 15) is 18.4 Å². The Kier molecular flexibility index (Phi) is 5.68. The molecule has 0 saturated carbocycles. The molecule has 2 heterocycles. The van der Waals surface area contributed by atoms with Crippen LogP contribution in [0.5, 0.6) is 0 Å². The van der Waals surface area contributed by atoms with Gasteiger partial charge in [0.2, 0.25) is 0 Å². The molecule has 2 amide bonds. The summed E-state index contributed by atoms with van der Waals surface area (Å²) >= 11 is 0. The number of nitrogens with one attached hydrogen (secondary N) is 2. The number of rotatable bonds is 5. The van der Waals surface area contributed by atoms with Crippen LogP contribution >= 0.6 is 0 Å². The number of hydrogen-bond acceptors (Lipinski definition) is 5. The third-order valence-corrected chi connectivity index (χ3v) is 5.08. The predicted octanol–water partition coefficient (Wildman–Crippen LogP) is 4.97. The number of ketones is 1. The van der Waals surface area contributed by atoms with E-state index in [0.29, 0.717) is 22.5 Å². The van der Waals surface area contributed by atoms with E-state index in [4.69, 9.17) is 0 Å². The van der Waals surface area contributed by atoms with E-state index in [1.54, 1.807) is 47.7 Å². The lowest BCUT2D eigenvalue weighted by atomic mass is 10.0. The molecule has 2 aromatic heterocycles. The van der Waals surface area contributed by atoms with E-state index in [1.807, 2.05) is 0 Å². The molecule has 0 bridgehead atoms. The molecule has 0 fully saturated rings. The number of urea groups is 1. The predicted molar refractivity (Wildman–Crippen MR) is 126 cm³/mol. The van der Waals surface area contributed by atoms with E-state index in [0.717, 1.165) is 12.1 Å². The summed E-state index contributed by atoms with van der Waals surface area (Å²) < 4.78 is 29.0. The van der Waals surface area contributed by atoms with Gasteiger partial charge in [-0.1, -0.05) is 0 Å². The second kappa shape index (κ2) is 9.10. The summed E-state index contributed by atoms with van der Waals surface area (Å²) in [6, 6.07) is 12.8. The lowest BCUT2D eigenvalue weighted by Crippen LogP contribution is -2.19. The number of carbonyl (C=O) groups excluding carboxylic acids is 2. The summed E-state index contributed by atoms with van der Waals surface area (Å²) in [5.41, 5.74) is 1.82. The highest BCUT2D eigenvalue weighted by Crippen LogP contribution is 2.21. The summed E-state index contributed by atoms with van der Waals surface area (Å²) in [7, 11) is 0. The zero-order valence-electron chi connectivity index (χ0n) is 17.9. The molecule has 0 unspecified atom stereocenters. The van der Waals surface area contributed by atoms with E-state index < -0.39 is 23.4 Å². The van der Waals surface area contributed by atoms with Crippen LogP contribution in [-0.2, 0) is 0 Å². The third-order valence-electron chi connectivity index (χ3n) is 5.08. The van der Waals surface area contributed by atoms with Crippen molar-refractivity contribution in [3.63, 3.8) is 0 Å². The smallest absolute Gasteiger partial charge is 0.308 e. The van der Waals surface area contributed by atoms with Crippen molar-refractivity contribution >= 4 is 34.2 Å². The first-order chi connectivity index (χ1) is 16.9. The van der Waals surface area contributed by atoms with Crippen molar-refractivity contribution in [2.24, 2.45) is 0 Å². The van der Waals surface area contributed by atoms with Gasteiger partial charge >= 0.3 is 6.03 Å². The van der Waals surface area contributed by atoms with Gasteiger partial charge in [0.15, 0.2) is 11.6 Å². The van der Waals surface area contributed by atoms with Gasteiger partial charge in [0.05, 0.1) is 17.2 Å². The maximum Gasteiger partial charge on any atom is 0.323 e. The van der Waals surface area contributed by atoms with Crippen LogP contribution < -0.4 is 10.6 Å². The largest absolute Gasteiger partial charge is 0.323 e. The van der Waals surface area contributed by atoms with Gasteiger partial charge in [0.25, 0.3) is 0 Å². The molecule has 0 aliphatic carbocycles. The van der Waals surface area contributed by atoms with Crippen molar-refractivity contribution < 1.29 is 18.4 Å². The van der Waals surface area contributed by atoms with Crippen LogP contribution in [0.4, 0.5) is 25.0 Å². The maximum absolute atomic E-state index is 14.3. The molecule has 172 valence electrons. The Labute approximate surface area is 197 Å². The fraction of sp³-hybridized carbons (Fsp3) is 0. The lowest BCUT2D eigenvalue weighted by molar-refractivity contribution is 0.103. The number of carbonyl (C=O) groups is 2. The van der Waals surface area contributed by atoms with Crippen molar-refractivity contribution in [2.75, 3.05) is 10.6 Å². The first kappa shape index (κ1) is 21.8. The minimum absolute atomic E-state index is 0.0418. The van der Waals surface area contributed by atoms with Crippen molar-refractivity contribution in [1.82, 2.24) is 19.5 Å². The summed E-state index contributed by atoms with van der Waals surface area (Å²) in [4.78, 5) is 38.2. The molecular weight excluding hydrogens is 454 g/mol. The van der Waals surface area contributed by atoms with Crippen LogP contribution in [0.15, 0.2) is 85.6 Å². The Morgan fingerprint density at radius 3 is 2.37 bits per heavy atom. The van der Waals surface area contributed by atoms with Crippen LogP contribution in [-0.4, -0.2) is 31.3 Å². The summed E-state index contributed by atoms with van der Waals surface area (Å²) in [5.74, 6) is -1.06. The third kappa shape index (κ3) is 4.86. The highest BCUT2D eigenvalue weighted by molar-refractivity contribution is 6.11. The SMILES string of the molecule is O=C(Nc1ccc(F)cc1)Nc1cc(F)cc(C(=O)c2ccc3ncc(-n4ccnc4)nc3c2)c1. The van der Waals surface area contributed by atoms with Gasteiger partial charge < -0.3 is 10.6 Å². The Bertz CT molecular complexity index is 1550. The molecule has 5 aromatic rings. The highest BCUT2D eigenvalue weighted by Gasteiger charge is 2.15. The van der Waals surface area contributed by atoms with Crippen molar-refractivity contribution in [1.29, 1.82) is 0 Å². The fourth-order valence-electron chi connectivity index (χ4n) is 3.45. The summed E-state index contributed by atoms with van der Waals surface area (Å²) in [5, 5.41) is 4.99. The Morgan fingerprint density at radius 2 is 1.60 bits per heavy atom. The van der Waals surface area contributed by atoms with Crippen LogP contribution in [0.1, 0.15) is 15.9 Å². The first-order valence-electron chi connectivity index (χ1n) is 10.4. The second-order valence-electron chi connectivity index (χ2n) is 7.55. The van der Waals surface area contributed by atoms with Gasteiger partial charge in [0, 0.05) is 34.9 Å². The highest BCUT2D eigenvalue weighted by atomic mass is 19.1. The van der Waals surface area contributed by atoms with Gasteiger partial charge in [0.1, 0.15) is 18.0 Å². The van der Waals surface area contributed by atoms with Crippen molar-refractivity contribution in [3.05, 3.63) is 108 Å². The molecule has 10 heteroatoms. The number of imidazole rings is 1. The fourth-order valence-corrected chi connectivity index (χ4v) is 3.45. The van der Waals surface area contributed by atoms with Crippen molar-refractivity contribution in [2.45, 2.75) is 0 Å². The molecule has 0 atom stereocenters.